The third-order valence-electron chi connectivity index (χ3n) is 5.91. The van der Waals surface area contributed by atoms with E-state index in [9.17, 15) is 4.79 Å². The summed E-state index contributed by atoms with van der Waals surface area (Å²) in [5.74, 6) is 1.10. The quantitative estimate of drug-likeness (QED) is 0.791. The summed E-state index contributed by atoms with van der Waals surface area (Å²) in [6.07, 6.45) is 9.17. The topological polar surface area (TPSA) is 46.3 Å². The zero-order valence-corrected chi connectivity index (χ0v) is 14.3. The monoisotopic (exact) mass is 294 g/mol. The number of carbonyl (C=O) groups excluding carboxylic acids is 1. The van der Waals surface area contributed by atoms with Gasteiger partial charge in [0.15, 0.2) is 0 Å². The number of hydrogen-bond acceptors (Lipinski definition) is 2. The largest absolute Gasteiger partial charge is 0.342 e. The smallest absolute Gasteiger partial charge is 0.230 e. The highest BCUT2D eigenvalue weighted by Crippen LogP contribution is 2.39. The molecule has 2 N–H and O–H groups in total. The van der Waals surface area contributed by atoms with E-state index in [1.807, 2.05) is 0 Å². The van der Waals surface area contributed by atoms with Gasteiger partial charge in [0.1, 0.15) is 0 Å². The molecule has 1 saturated carbocycles. The first-order valence-corrected chi connectivity index (χ1v) is 8.88. The van der Waals surface area contributed by atoms with Gasteiger partial charge in [-0.1, -0.05) is 46.5 Å². The third kappa shape index (κ3) is 3.80. The normalized spacial score (nSPS) is 24.7. The zero-order chi connectivity index (χ0) is 15.5. The third-order valence-corrected chi connectivity index (χ3v) is 5.91. The lowest BCUT2D eigenvalue weighted by Gasteiger charge is -2.42. The van der Waals surface area contributed by atoms with E-state index < -0.39 is 0 Å². The zero-order valence-electron chi connectivity index (χ0n) is 14.3. The first-order chi connectivity index (χ1) is 9.89. The van der Waals surface area contributed by atoms with E-state index in [2.05, 4.69) is 25.7 Å². The average molecular weight is 294 g/mol. The van der Waals surface area contributed by atoms with Gasteiger partial charge in [0, 0.05) is 19.6 Å². The standard InChI is InChI=1S/C18H34N2O/c1-17(2,3)15-8-12-20(13-9-15)16(21)18(14-19)10-6-4-5-7-11-18/h15H,4-14,19H2,1-3H3. The van der Waals surface area contributed by atoms with Crippen molar-refractivity contribution in [1.29, 1.82) is 0 Å². The molecule has 0 aromatic heterocycles. The molecule has 0 atom stereocenters. The molecule has 3 nitrogen and oxygen atoms in total. The Labute approximate surface area is 130 Å². The Hall–Kier alpha value is -0.570. The molecule has 21 heavy (non-hydrogen) atoms. The summed E-state index contributed by atoms with van der Waals surface area (Å²) in [6, 6.07) is 0. The van der Waals surface area contributed by atoms with Gasteiger partial charge in [-0.3, -0.25) is 4.79 Å². The molecular weight excluding hydrogens is 260 g/mol. The van der Waals surface area contributed by atoms with Gasteiger partial charge in [0.05, 0.1) is 5.41 Å². The van der Waals surface area contributed by atoms with Gasteiger partial charge in [-0.15, -0.1) is 0 Å². The number of nitrogens with zero attached hydrogens (tertiary/aromatic N) is 1. The number of hydrogen-bond donors (Lipinski definition) is 1. The lowest BCUT2D eigenvalue weighted by atomic mass is 9.74. The number of rotatable bonds is 2. The molecule has 2 aliphatic rings. The van der Waals surface area contributed by atoms with Crippen LogP contribution >= 0.6 is 0 Å². The predicted molar refractivity (Wildman–Crippen MR) is 87.9 cm³/mol. The second-order valence-electron chi connectivity index (χ2n) is 8.33. The molecule has 0 unspecified atom stereocenters. The SMILES string of the molecule is CC(C)(C)C1CCN(C(=O)C2(CN)CCCCCC2)CC1. The molecule has 2 rings (SSSR count). The summed E-state index contributed by atoms with van der Waals surface area (Å²) in [7, 11) is 0. The molecular formula is C18H34N2O. The van der Waals surface area contributed by atoms with Crippen molar-refractivity contribution in [2.45, 2.75) is 72.1 Å². The fourth-order valence-corrected chi connectivity index (χ4v) is 4.19. The van der Waals surface area contributed by atoms with Crippen LogP contribution in [0.4, 0.5) is 0 Å². The van der Waals surface area contributed by atoms with E-state index in [0.29, 0.717) is 17.9 Å². The van der Waals surface area contributed by atoms with Crippen molar-refractivity contribution in [3.05, 3.63) is 0 Å². The van der Waals surface area contributed by atoms with Crippen molar-refractivity contribution in [3.8, 4) is 0 Å². The van der Waals surface area contributed by atoms with Crippen LogP contribution in [0.2, 0.25) is 0 Å². The molecule has 0 radical (unpaired) electrons. The van der Waals surface area contributed by atoms with Gasteiger partial charge in [-0.2, -0.15) is 0 Å². The maximum atomic E-state index is 13.1. The molecule has 1 amide bonds. The van der Waals surface area contributed by atoms with Gasteiger partial charge in [0.25, 0.3) is 0 Å². The number of likely N-dealkylation sites (tertiary alicyclic amines) is 1. The summed E-state index contributed by atoms with van der Waals surface area (Å²) in [5.41, 5.74) is 6.18. The van der Waals surface area contributed by atoms with E-state index in [4.69, 9.17) is 5.73 Å². The first kappa shape index (κ1) is 16.8. The van der Waals surface area contributed by atoms with E-state index in [1.54, 1.807) is 0 Å². The second-order valence-corrected chi connectivity index (χ2v) is 8.33. The van der Waals surface area contributed by atoms with Crippen LogP contribution in [0.1, 0.15) is 72.1 Å². The molecule has 122 valence electrons. The summed E-state index contributed by atoms with van der Waals surface area (Å²) >= 11 is 0. The number of carbonyl (C=O) groups is 1. The Bertz CT molecular complexity index is 343. The summed E-state index contributed by atoms with van der Waals surface area (Å²) < 4.78 is 0. The molecule has 0 aromatic rings. The molecule has 1 aliphatic carbocycles. The molecule has 3 heteroatoms. The highest BCUT2D eigenvalue weighted by molar-refractivity contribution is 5.83. The maximum absolute atomic E-state index is 13.1. The van der Waals surface area contributed by atoms with Crippen molar-refractivity contribution < 1.29 is 4.79 Å². The highest BCUT2D eigenvalue weighted by Gasteiger charge is 2.41. The molecule has 1 heterocycles. The molecule has 1 aliphatic heterocycles. The van der Waals surface area contributed by atoms with Gasteiger partial charge >= 0.3 is 0 Å². The van der Waals surface area contributed by atoms with Crippen LogP contribution in [0.5, 0.6) is 0 Å². The van der Waals surface area contributed by atoms with Gasteiger partial charge in [0.2, 0.25) is 5.91 Å². The minimum atomic E-state index is -0.245. The summed E-state index contributed by atoms with van der Waals surface area (Å²) in [6.45, 7) is 9.36. The second kappa shape index (κ2) is 6.68. The van der Waals surface area contributed by atoms with Crippen LogP contribution < -0.4 is 5.73 Å². The predicted octanol–water partition coefficient (Wildman–Crippen LogP) is 3.57. The Morgan fingerprint density at radius 3 is 2.05 bits per heavy atom. The minimum Gasteiger partial charge on any atom is -0.342 e. The van der Waals surface area contributed by atoms with Gasteiger partial charge < -0.3 is 10.6 Å². The van der Waals surface area contributed by atoms with Crippen LogP contribution in [-0.4, -0.2) is 30.4 Å². The number of piperidine rings is 1. The van der Waals surface area contributed by atoms with Crippen molar-refractivity contribution in [2.24, 2.45) is 22.5 Å². The van der Waals surface area contributed by atoms with Crippen LogP contribution in [0, 0.1) is 16.7 Å². The Morgan fingerprint density at radius 1 is 1.10 bits per heavy atom. The number of amides is 1. The molecule has 2 fully saturated rings. The Kier molecular flexibility index (Phi) is 5.34. The van der Waals surface area contributed by atoms with Crippen LogP contribution in [0.15, 0.2) is 0 Å². The van der Waals surface area contributed by atoms with Gasteiger partial charge in [-0.25, -0.2) is 0 Å². The molecule has 0 bridgehead atoms. The average Bonchev–Trinajstić information content (AvgIpc) is 2.72. The lowest BCUT2D eigenvalue weighted by Crippen LogP contribution is -2.51. The van der Waals surface area contributed by atoms with Crippen molar-refractivity contribution in [2.75, 3.05) is 19.6 Å². The summed E-state index contributed by atoms with van der Waals surface area (Å²) in [4.78, 5) is 15.2. The van der Waals surface area contributed by atoms with E-state index in [1.165, 1.54) is 25.7 Å². The van der Waals surface area contributed by atoms with Crippen LogP contribution in [-0.2, 0) is 4.79 Å². The maximum Gasteiger partial charge on any atom is 0.230 e. The van der Waals surface area contributed by atoms with E-state index >= 15 is 0 Å². The van der Waals surface area contributed by atoms with Crippen LogP contribution in [0.3, 0.4) is 0 Å². The molecule has 0 aromatic carbocycles. The Balaban J connectivity index is 1.99. The van der Waals surface area contributed by atoms with E-state index in [0.717, 1.165) is 44.7 Å². The molecule has 0 spiro atoms. The van der Waals surface area contributed by atoms with Crippen molar-refractivity contribution in [3.63, 3.8) is 0 Å². The van der Waals surface area contributed by atoms with Crippen LogP contribution in [0.25, 0.3) is 0 Å². The fourth-order valence-electron chi connectivity index (χ4n) is 4.19. The fraction of sp³-hybridized carbons (Fsp3) is 0.944. The van der Waals surface area contributed by atoms with Crippen molar-refractivity contribution >= 4 is 5.91 Å². The van der Waals surface area contributed by atoms with E-state index in [-0.39, 0.29) is 5.41 Å². The van der Waals surface area contributed by atoms with Gasteiger partial charge in [-0.05, 0) is 37.0 Å². The first-order valence-electron chi connectivity index (χ1n) is 8.88. The lowest BCUT2D eigenvalue weighted by molar-refractivity contribution is -0.144. The highest BCUT2D eigenvalue weighted by atomic mass is 16.2. The Morgan fingerprint density at radius 2 is 1.62 bits per heavy atom. The number of nitrogens with two attached hydrogens (primary N) is 1. The van der Waals surface area contributed by atoms with Crippen molar-refractivity contribution in [1.82, 2.24) is 4.90 Å². The minimum absolute atomic E-state index is 0.245. The summed E-state index contributed by atoms with van der Waals surface area (Å²) in [5, 5.41) is 0. The molecule has 1 saturated heterocycles.